The minimum absolute atomic E-state index is 0.529. The van der Waals surface area contributed by atoms with Crippen LogP contribution in [0, 0.1) is 0 Å². The van der Waals surface area contributed by atoms with E-state index in [-0.39, 0.29) is 0 Å². The first-order valence-electron chi connectivity index (χ1n) is 7.13. The molecule has 0 aromatic heterocycles. The molecule has 5 heteroatoms. The van der Waals surface area contributed by atoms with Gasteiger partial charge in [0.1, 0.15) is 12.4 Å². The van der Waals surface area contributed by atoms with E-state index in [1.54, 1.807) is 0 Å². The van der Waals surface area contributed by atoms with Crippen LogP contribution in [0.2, 0.25) is 5.02 Å². The van der Waals surface area contributed by atoms with Crippen LogP contribution in [0.5, 0.6) is 5.75 Å². The van der Waals surface area contributed by atoms with Crippen molar-refractivity contribution in [2.75, 3.05) is 39.5 Å². The first kappa shape index (κ1) is 16.1. The van der Waals surface area contributed by atoms with Gasteiger partial charge < -0.3 is 14.4 Å². The third-order valence-corrected chi connectivity index (χ3v) is 4.17. The molecule has 112 valence electrons. The highest BCUT2D eigenvalue weighted by molar-refractivity contribution is 9.10. The Morgan fingerprint density at radius 1 is 1.10 bits per heavy atom. The van der Waals surface area contributed by atoms with E-state index in [1.807, 2.05) is 18.2 Å². The lowest BCUT2D eigenvalue weighted by atomic mass is 10.1. The van der Waals surface area contributed by atoms with Gasteiger partial charge in [0, 0.05) is 11.0 Å². The molecule has 1 aliphatic heterocycles. The molecule has 1 aromatic rings. The summed E-state index contributed by atoms with van der Waals surface area (Å²) >= 11 is 9.44. The van der Waals surface area contributed by atoms with Crippen molar-refractivity contribution in [3.63, 3.8) is 0 Å². The standard InChI is InChI=1S/C15H21BrClNO2/c16-13-4-5-15(14(17)12-13)20-11-10-19-9-8-18-6-2-1-3-7-18/h4-5,12H,1-3,6-11H2. The Morgan fingerprint density at radius 3 is 2.65 bits per heavy atom. The Balaban J connectivity index is 1.55. The third-order valence-electron chi connectivity index (χ3n) is 3.38. The van der Waals surface area contributed by atoms with E-state index in [1.165, 1.54) is 32.4 Å². The number of nitrogens with zero attached hydrogens (tertiary/aromatic N) is 1. The lowest BCUT2D eigenvalue weighted by Gasteiger charge is -2.26. The van der Waals surface area contributed by atoms with Gasteiger partial charge in [0.25, 0.3) is 0 Å². The SMILES string of the molecule is Clc1cc(Br)ccc1OCCOCCN1CCCCC1. The molecule has 0 unspecified atom stereocenters. The number of hydrogen-bond acceptors (Lipinski definition) is 3. The van der Waals surface area contributed by atoms with E-state index in [2.05, 4.69) is 20.8 Å². The number of likely N-dealkylation sites (tertiary alicyclic amines) is 1. The van der Waals surface area contributed by atoms with Gasteiger partial charge in [-0.1, -0.05) is 34.0 Å². The van der Waals surface area contributed by atoms with Crippen LogP contribution in [0.3, 0.4) is 0 Å². The lowest BCUT2D eigenvalue weighted by molar-refractivity contribution is 0.0751. The molecule has 0 saturated carbocycles. The molecule has 1 aromatic carbocycles. The Labute approximate surface area is 134 Å². The van der Waals surface area contributed by atoms with Crippen LogP contribution in [-0.4, -0.2) is 44.4 Å². The number of halogens is 2. The second-order valence-electron chi connectivity index (χ2n) is 4.94. The molecule has 2 rings (SSSR count). The maximum absolute atomic E-state index is 6.07. The smallest absolute Gasteiger partial charge is 0.138 e. The normalized spacial score (nSPS) is 16.3. The summed E-state index contributed by atoms with van der Waals surface area (Å²) in [6, 6.07) is 5.60. The maximum Gasteiger partial charge on any atom is 0.138 e. The number of hydrogen-bond donors (Lipinski definition) is 0. The Hall–Kier alpha value is -0.290. The quantitative estimate of drug-likeness (QED) is 0.685. The summed E-state index contributed by atoms with van der Waals surface area (Å²) in [6.07, 6.45) is 4.02. The van der Waals surface area contributed by atoms with E-state index in [9.17, 15) is 0 Å². The van der Waals surface area contributed by atoms with Crippen molar-refractivity contribution >= 4 is 27.5 Å². The maximum atomic E-state index is 6.07. The monoisotopic (exact) mass is 361 g/mol. The first-order valence-corrected chi connectivity index (χ1v) is 8.31. The molecule has 0 radical (unpaired) electrons. The van der Waals surface area contributed by atoms with Crippen LogP contribution in [0.1, 0.15) is 19.3 Å². The molecular formula is C15H21BrClNO2. The van der Waals surface area contributed by atoms with Crippen molar-refractivity contribution in [1.82, 2.24) is 4.90 Å². The highest BCUT2D eigenvalue weighted by Crippen LogP contribution is 2.27. The highest BCUT2D eigenvalue weighted by Gasteiger charge is 2.09. The zero-order valence-electron chi connectivity index (χ0n) is 11.6. The predicted octanol–water partition coefficient (Wildman–Crippen LogP) is 3.98. The van der Waals surface area contributed by atoms with Crippen LogP contribution in [0.15, 0.2) is 22.7 Å². The van der Waals surface area contributed by atoms with Crippen molar-refractivity contribution in [2.24, 2.45) is 0 Å². The summed E-state index contributed by atoms with van der Waals surface area (Å²) < 4.78 is 12.1. The largest absolute Gasteiger partial charge is 0.490 e. The topological polar surface area (TPSA) is 21.7 Å². The van der Waals surface area contributed by atoms with Gasteiger partial charge in [-0.2, -0.15) is 0 Å². The summed E-state index contributed by atoms with van der Waals surface area (Å²) in [7, 11) is 0. The van der Waals surface area contributed by atoms with Crippen LogP contribution < -0.4 is 4.74 Å². The lowest BCUT2D eigenvalue weighted by Crippen LogP contribution is -2.32. The molecule has 1 aliphatic rings. The van der Waals surface area contributed by atoms with Crippen LogP contribution in [-0.2, 0) is 4.74 Å². The Bertz CT molecular complexity index is 411. The van der Waals surface area contributed by atoms with Gasteiger partial charge in [-0.25, -0.2) is 0 Å². The van der Waals surface area contributed by atoms with Gasteiger partial charge in [0.15, 0.2) is 0 Å². The van der Waals surface area contributed by atoms with E-state index in [0.717, 1.165) is 17.6 Å². The number of piperidine rings is 1. The zero-order valence-corrected chi connectivity index (χ0v) is 14.0. The summed E-state index contributed by atoms with van der Waals surface area (Å²) in [5.74, 6) is 0.703. The summed E-state index contributed by atoms with van der Waals surface area (Å²) in [5.41, 5.74) is 0. The van der Waals surface area contributed by atoms with Crippen molar-refractivity contribution in [3.8, 4) is 5.75 Å². The van der Waals surface area contributed by atoms with Gasteiger partial charge in [0.2, 0.25) is 0 Å². The van der Waals surface area contributed by atoms with Crippen molar-refractivity contribution in [2.45, 2.75) is 19.3 Å². The fourth-order valence-corrected chi connectivity index (χ4v) is 3.01. The third kappa shape index (κ3) is 5.60. The predicted molar refractivity (Wildman–Crippen MR) is 85.8 cm³/mol. The van der Waals surface area contributed by atoms with E-state index in [0.29, 0.717) is 24.0 Å². The molecule has 0 bridgehead atoms. The molecule has 1 saturated heterocycles. The molecule has 0 spiro atoms. The minimum Gasteiger partial charge on any atom is -0.490 e. The average molecular weight is 363 g/mol. The van der Waals surface area contributed by atoms with Crippen molar-refractivity contribution < 1.29 is 9.47 Å². The highest BCUT2D eigenvalue weighted by atomic mass is 79.9. The molecule has 0 N–H and O–H groups in total. The molecule has 1 heterocycles. The van der Waals surface area contributed by atoms with Crippen molar-refractivity contribution in [1.29, 1.82) is 0 Å². The van der Waals surface area contributed by atoms with E-state index in [4.69, 9.17) is 21.1 Å². The zero-order chi connectivity index (χ0) is 14.2. The number of ether oxygens (including phenoxy) is 2. The van der Waals surface area contributed by atoms with E-state index < -0.39 is 0 Å². The second kappa shape index (κ2) is 8.88. The molecule has 3 nitrogen and oxygen atoms in total. The number of benzene rings is 1. The fourth-order valence-electron chi connectivity index (χ4n) is 2.28. The van der Waals surface area contributed by atoms with Gasteiger partial charge in [-0.3, -0.25) is 0 Å². The summed E-state index contributed by atoms with van der Waals surface area (Å²) in [4.78, 5) is 2.47. The molecule has 0 aliphatic carbocycles. The van der Waals surface area contributed by atoms with Gasteiger partial charge in [0.05, 0.1) is 18.2 Å². The molecule has 1 fully saturated rings. The molecule has 0 atom stereocenters. The van der Waals surface area contributed by atoms with Gasteiger partial charge in [-0.05, 0) is 44.1 Å². The average Bonchev–Trinajstić information content (AvgIpc) is 2.46. The van der Waals surface area contributed by atoms with Crippen LogP contribution >= 0.6 is 27.5 Å². The van der Waals surface area contributed by atoms with E-state index >= 15 is 0 Å². The van der Waals surface area contributed by atoms with Crippen LogP contribution in [0.4, 0.5) is 0 Å². The molecular weight excluding hydrogens is 342 g/mol. The van der Waals surface area contributed by atoms with Gasteiger partial charge >= 0.3 is 0 Å². The molecule has 20 heavy (non-hydrogen) atoms. The summed E-state index contributed by atoms with van der Waals surface area (Å²) in [6.45, 7) is 5.36. The van der Waals surface area contributed by atoms with Gasteiger partial charge in [-0.15, -0.1) is 0 Å². The van der Waals surface area contributed by atoms with Crippen LogP contribution in [0.25, 0.3) is 0 Å². The summed E-state index contributed by atoms with van der Waals surface area (Å²) in [5, 5.41) is 0.618. The minimum atomic E-state index is 0.529. The molecule has 0 amide bonds. The Kier molecular flexibility index (Phi) is 7.14. The fraction of sp³-hybridized carbons (Fsp3) is 0.600. The first-order chi connectivity index (χ1) is 9.75. The Morgan fingerprint density at radius 2 is 1.90 bits per heavy atom. The van der Waals surface area contributed by atoms with Crippen molar-refractivity contribution in [3.05, 3.63) is 27.7 Å². The second-order valence-corrected chi connectivity index (χ2v) is 6.26. The number of rotatable bonds is 7.